The Balaban J connectivity index is 1.30. The van der Waals surface area contributed by atoms with Crippen LogP contribution in [0.1, 0.15) is 242 Å². The summed E-state index contributed by atoms with van der Waals surface area (Å²) in [5, 5.41) is 0. The Morgan fingerprint density at radius 2 is 0.604 bits per heavy atom. The lowest BCUT2D eigenvalue weighted by atomic mass is 9.92. The molecule has 0 atom stereocenters. The summed E-state index contributed by atoms with van der Waals surface area (Å²) in [5.74, 6) is 0.281. The Morgan fingerprint density at radius 1 is 0.321 bits per heavy atom. The van der Waals surface area contributed by atoms with Gasteiger partial charge in [-0.2, -0.15) is 0 Å². The number of aromatic nitrogens is 2. The summed E-state index contributed by atoms with van der Waals surface area (Å²) in [7, 11) is 0. The molecule has 2 heterocycles. The van der Waals surface area contributed by atoms with E-state index < -0.39 is 0 Å². The number of aryl methyl sites for hydroxylation is 2. The highest BCUT2D eigenvalue weighted by atomic mass is 15.0. The molecule has 0 amide bonds. The number of benzene rings is 1. The molecule has 0 radical (unpaired) electrons. The zero-order chi connectivity index (χ0) is 37.3. The van der Waals surface area contributed by atoms with Crippen LogP contribution in [0.3, 0.4) is 0 Å². The van der Waals surface area contributed by atoms with Gasteiger partial charge in [-0.3, -0.25) is 0 Å². The molecule has 0 saturated heterocycles. The van der Waals surface area contributed by atoms with Gasteiger partial charge in [0.2, 0.25) is 0 Å². The van der Waals surface area contributed by atoms with Crippen LogP contribution in [0, 0.1) is 0 Å². The fourth-order valence-electron chi connectivity index (χ4n) is 8.59. The van der Waals surface area contributed by atoms with E-state index in [9.17, 15) is 0 Å². The highest BCUT2D eigenvalue weighted by molar-refractivity contribution is 5.39. The molecule has 2 aromatic heterocycles. The van der Waals surface area contributed by atoms with Crippen molar-refractivity contribution in [2.45, 2.75) is 238 Å². The van der Waals surface area contributed by atoms with Crippen molar-refractivity contribution in [1.82, 2.24) is 9.13 Å². The zero-order valence-corrected chi connectivity index (χ0v) is 35.4. The molecule has 0 spiro atoms. The van der Waals surface area contributed by atoms with E-state index in [4.69, 9.17) is 0 Å². The first-order valence-electron chi connectivity index (χ1n) is 23.7. The Labute approximate surface area is 330 Å². The van der Waals surface area contributed by atoms with E-state index in [1.54, 1.807) is 0 Å². The van der Waals surface area contributed by atoms with Crippen molar-refractivity contribution in [3.05, 3.63) is 83.9 Å². The monoisotopic (exact) mass is 727 g/mol. The standard InChI is InChI=1S/C51H86N2/c1-3-5-7-9-11-13-15-17-19-21-23-25-27-29-31-36-44-52-46-38-42-49(52)51(48-40-34-33-35-41-48)50-43-39-47-53(50)45-37-32-30-28-26-24-22-20-18-16-14-12-10-8-6-4-2/h33-35,38-43,46-47,51H,3-32,36-37,44-45H2,1-2H3. The number of hydrogen-bond acceptors (Lipinski definition) is 0. The third-order valence-electron chi connectivity index (χ3n) is 12.0. The molecule has 1 aromatic carbocycles. The van der Waals surface area contributed by atoms with Crippen LogP contribution in [-0.4, -0.2) is 9.13 Å². The predicted molar refractivity (Wildman–Crippen MR) is 235 cm³/mol. The number of hydrogen-bond donors (Lipinski definition) is 0. The predicted octanol–water partition coefficient (Wildman–Crippen LogP) is 17.0. The molecule has 0 N–H and O–H groups in total. The van der Waals surface area contributed by atoms with Crippen LogP contribution >= 0.6 is 0 Å². The lowest BCUT2D eigenvalue weighted by Gasteiger charge is -2.23. The van der Waals surface area contributed by atoms with Gasteiger partial charge in [0.05, 0.1) is 5.92 Å². The Morgan fingerprint density at radius 3 is 0.906 bits per heavy atom. The molecule has 53 heavy (non-hydrogen) atoms. The third-order valence-corrected chi connectivity index (χ3v) is 12.0. The van der Waals surface area contributed by atoms with Crippen LogP contribution in [0.2, 0.25) is 0 Å². The summed E-state index contributed by atoms with van der Waals surface area (Å²) in [4.78, 5) is 0. The van der Waals surface area contributed by atoms with Crippen molar-refractivity contribution in [1.29, 1.82) is 0 Å². The number of unbranched alkanes of at least 4 members (excludes halogenated alkanes) is 30. The van der Waals surface area contributed by atoms with Gasteiger partial charge in [0.15, 0.2) is 0 Å². The minimum atomic E-state index is 0.281. The van der Waals surface area contributed by atoms with Gasteiger partial charge in [0.25, 0.3) is 0 Å². The van der Waals surface area contributed by atoms with Gasteiger partial charge >= 0.3 is 0 Å². The van der Waals surface area contributed by atoms with E-state index in [1.807, 2.05) is 0 Å². The first-order chi connectivity index (χ1) is 26.3. The summed E-state index contributed by atoms with van der Waals surface area (Å²) >= 11 is 0. The van der Waals surface area contributed by atoms with Crippen molar-refractivity contribution in [3.8, 4) is 0 Å². The quantitative estimate of drug-likeness (QED) is 0.0524. The molecule has 3 aromatic rings. The van der Waals surface area contributed by atoms with E-state index in [-0.39, 0.29) is 5.92 Å². The first-order valence-corrected chi connectivity index (χ1v) is 23.7. The maximum absolute atomic E-state index is 2.56. The fourth-order valence-corrected chi connectivity index (χ4v) is 8.59. The van der Waals surface area contributed by atoms with Crippen molar-refractivity contribution >= 4 is 0 Å². The van der Waals surface area contributed by atoms with Crippen molar-refractivity contribution in [2.75, 3.05) is 0 Å². The fraction of sp³-hybridized carbons (Fsp3) is 0.725. The summed E-state index contributed by atoms with van der Waals surface area (Å²) in [6.07, 6.45) is 50.2. The second-order valence-electron chi connectivity index (χ2n) is 16.7. The van der Waals surface area contributed by atoms with E-state index >= 15 is 0 Å². The summed E-state index contributed by atoms with van der Waals surface area (Å²) < 4.78 is 5.13. The van der Waals surface area contributed by atoms with Crippen LogP contribution < -0.4 is 0 Å². The van der Waals surface area contributed by atoms with Gasteiger partial charge < -0.3 is 9.13 Å². The first kappa shape index (κ1) is 45.2. The van der Waals surface area contributed by atoms with Gasteiger partial charge in [0.1, 0.15) is 0 Å². The topological polar surface area (TPSA) is 9.86 Å². The van der Waals surface area contributed by atoms with Crippen LogP contribution in [0.4, 0.5) is 0 Å². The third kappa shape index (κ3) is 20.9. The van der Waals surface area contributed by atoms with Crippen molar-refractivity contribution in [3.63, 3.8) is 0 Å². The van der Waals surface area contributed by atoms with Gasteiger partial charge in [-0.15, -0.1) is 0 Å². The smallest absolute Gasteiger partial charge is 0.0645 e. The highest BCUT2D eigenvalue weighted by Crippen LogP contribution is 2.33. The van der Waals surface area contributed by atoms with Gasteiger partial charge in [-0.05, 0) is 42.7 Å². The highest BCUT2D eigenvalue weighted by Gasteiger charge is 2.22. The Bertz CT molecular complexity index is 1110. The molecule has 0 unspecified atom stereocenters. The minimum Gasteiger partial charge on any atom is -0.350 e. The Hall–Kier alpha value is -2.22. The maximum atomic E-state index is 2.56. The van der Waals surface area contributed by atoms with E-state index in [0.717, 1.165) is 13.1 Å². The Kier molecular flexibility index (Phi) is 27.3. The second-order valence-corrected chi connectivity index (χ2v) is 16.7. The summed E-state index contributed by atoms with van der Waals surface area (Å²) in [6.45, 7) is 6.87. The lowest BCUT2D eigenvalue weighted by molar-refractivity contribution is 0.512. The maximum Gasteiger partial charge on any atom is 0.0645 e. The van der Waals surface area contributed by atoms with E-state index in [0.29, 0.717) is 0 Å². The molecule has 0 aliphatic heterocycles. The molecule has 0 bridgehead atoms. The average molecular weight is 727 g/mol. The second kappa shape index (κ2) is 32.1. The molecular weight excluding hydrogens is 641 g/mol. The molecule has 3 rings (SSSR count). The summed E-state index contributed by atoms with van der Waals surface area (Å²) in [5.41, 5.74) is 4.31. The molecule has 2 heteroatoms. The summed E-state index contributed by atoms with van der Waals surface area (Å²) in [6, 6.07) is 20.6. The molecule has 0 saturated carbocycles. The largest absolute Gasteiger partial charge is 0.350 e. The number of rotatable bonds is 37. The number of nitrogens with zero attached hydrogens (tertiary/aromatic N) is 2. The van der Waals surface area contributed by atoms with Gasteiger partial charge in [0, 0.05) is 36.9 Å². The van der Waals surface area contributed by atoms with E-state index in [2.05, 4.69) is 90.0 Å². The van der Waals surface area contributed by atoms with Gasteiger partial charge in [-0.25, -0.2) is 0 Å². The normalized spacial score (nSPS) is 11.7. The SMILES string of the molecule is CCCCCCCCCCCCCCCCCCn1cccc1C(c1ccccc1)c1cccn1CCCCCCCCCCCCCCCCCC. The van der Waals surface area contributed by atoms with E-state index in [1.165, 1.54) is 222 Å². The van der Waals surface area contributed by atoms with Crippen LogP contribution in [-0.2, 0) is 13.1 Å². The molecule has 0 fully saturated rings. The van der Waals surface area contributed by atoms with Gasteiger partial charge in [-0.1, -0.05) is 237 Å². The molecule has 300 valence electrons. The molecule has 0 aliphatic carbocycles. The van der Waals surface area contributed by atoms with Crippen molar-refractivity contribution < 1.29 is 0 Å². The minimum absolute atomic E-state index is 0.281. The van der Waals surface area contributed by atoms with Crippen LogP contribution in [0.15, 0.2) is 67.0 Å². The lowest BCUT2D eigenvalue weighted by Crippen LogP contribution is -2.14. The average Bonchev–Trinajstić information content (AvgIpc) is 3.85. The van der Waals surface area contributed by atoms with Crippen molar-refractivity contribution in [2.24, 2.45) is 0 Å². The molecular formula is C51H86N2. The molecule has 2 nitrogen and oxygen atoms in total. The van der Waals surface area contributed by atoms with Crippen LogP contribution in [0.5, 0.6) is 0 Å². The van der Waals surface area contributed by atoms with Crippen LogP contribution in [0.25, 0.3) is 0 Å². The zero-order valence-electron chi connectivity index (χ0n) is 35.4. The molecule has 0 aliphatic rings.